The SMILES string of the molecule is COCCCCOc1cc(OCCN2CCOCC2)ccc1C(=O)NC[C@@H](C[C@H](C(=O)OC(C)(C)C)[C@H](C(N)[C@](O[SiH](C)C)(C(=O)O)C(C)C)C(C)(C)C)C(C)C. The Balaban J connectivity index is 2.46. The number of amides is 1. The Hall–Kier alpha value is -2.75. The molecule has 1 amide bonds. The van der Waals surface area contributed by atoms with E-state index in [9.17, 15) is 19.5 Å². The number of carbonyl (C=O) groups is 3. The summed E-state index contributed by atoms with van der Waals surface area (Å²) in [6.07, 6.45) is 1.87. The molecule has 0 aliphatic carbocycles. The lowest BCUT2D eigenvalue weighted by Crippen LogP contribution is -2.66. The summed E-state index contributed by atoms with van der Waals surface area (Å²) >= 11 is 0. The second-order valence-electron chi connectivity index (χ2n) is 18.4. The maximum atomic E-state index is 14.4. The van der Waals surface area contributed by atoms with E-state index in [4.69, 9.17) is 33.8 Å². The van der Waals surface area contributed by atoms with Crippen molar-refractivity contribution >= 4 is 26.9 Å². The van der Waals surface area contributed by atoms with Gasteiger partial charge in [0.2, 0.25) is 0 Å². The largest absolute Gasteiger partial charge is 0.493 e. The van der Waals surface area contributed by atoms with Crippen molar-refractivity contribution in [2.45, 2.75) is 119 Å². The number of rotatable bonds is 24. The van der Waals surface area contributed by atoms with Crippen molar-refractivity contribution in [3.05, 3.63) is 23.8 Å². The molecule has 0 saturated carbocycles. The van der Waals surface area contributed by atoms with Gasteiger partial charge in [0.05, 0.1) is 31.3 Å². The summed E-state index contributed by atoms with van der Waals surface area (Å²) in [6.45, 7) is 28.6. The van der Waals surface area contributed by atoms with Crippen LogP contribution >= 0.6 is 0 Å². The minimum Gasteiger partial charge on any atom is -0.493 e. The van der Waals surface area contributed by atoms with Gasteiger partial charge in [-0.05, 0) is 94.3 Å². The summed E-state index contributed by atoms with van der Waals surface area (Å²) < 4.78 is 35.4. The fraction of sp³-hybridized carbons (Fsp3) is 0.791. The number of benzene rings is 1. The van der Waals surface area contributed by atoms with E-state index in [-0.39, 0.29) is 24.3 Å². The van der Waals surface area contributed by atoms with Gasteiger partial charge in [0.25, 0.3) is 5.91 Å². The average molecular weight is 824 g/mol. The van der Waals surface area contributed by atoms with Crippen molar-refractivity contribution in [1.82, 2.24) is 10.2 Å². The molecule has 1 heterocycles. The minimum absolute atomic E-state index is 0.0273. The standard InChI is InChI=1S/C43H77N3O10Si/c1-29(2)31(26-34(39(48)55-42(8,9)10)36(41(5,6)7)37(44)43(30(3)4,40(49)50)56-57(12)13)28-45-38(47)33-17-16-32(27-35(33)54-22-15-14-21-51-11)53-25-20-46-18-23-52-24-19-46/h16-17,27,29-31,34,36-37,57H,14-15,18-26,28,44H2,1-13H3,(H,45,47)(H,49,50)/t31-,34+,36-,37?,43+/m1/s1. The number of nitrogens with two attached hydrogens (primary N) is 1. The van der Waals surface area contributed by atoms with Gasteiger partial charge in [0.1, 0.15) is 23.7 Å². The lowest BCUT2D eigenvalue weighted by molar-refractivity contribution is -0.176. The third-order valence-electron chi connectivity index (χ3n) is 10.7. The highest BCUT2D eigenvalue weighted by Gasteiger charge is 2.56. The van der Waals surface area contributed by atoms with Crippen LogP contribution in [0.4, 0.5) is 0 Å². The fourth-order valence-corrected chi connectivity index (χ4v) is 8.95. The van der Waals surface area contributed by atoms with Gasteiger partial charge in [-0.2, -0.15) is 0 Å². The van der Waals surface area contributed by atoms with Crippen LogP contribution in [0.5, 0.6) is 11.5 Å². The first-order valence-corrected chi connectivity index (χ1v) is 23.7. The molecule has 1 saturated heterocycles. The number of hydrogen-bond acceptors (Lipinski definition) is 11. The molecular formula is C43H77N3O10Si. The second-order valence-corrected chi connectivity index (χ2v) is 20.8. The smallest absolute Gasteiger partial charge is 0.336 e. The molecule has 328 valence electrons. The van der Waals surface area contributed by atoms with Gasteiger partial charge < -0.3 is 44.3 Å². The number of unbranched alkanes of at least 4 members (excludes halogenated alkanes) is 1. The van der Waals surface area contributed by atoms with Crippen molar-refractivity contribution in [3.63, 3.8) is 0 Å². The van der Waals surface area contributed by atoms with E-state index in [1.54, 1.807) is 39.2 Å². The quantitative estimate of drug-likeness (QED) is 0.0631. The molecule has 1 aromatic carbocycles. The van der Waals surface area contributed by atoms with Gasteiger partial charge in [-0.25, -0.2) is 4.79 Å². The molecule has 2 rings (SSSR count). The Morgan fingerprint density at radius 3 is 2.12 bits per heavy atom. The molecule has 14 heteroatoms. The van der Waals surface area contributed by atoms with E-state index in [2.05, 4.69) is 24.1 Å². The van der Waals surface area contributed by atoms with Gasteiger partial charge in [-0.15, -0.1) is 0 Å². The van der Waals surface area contributed by atoms with Crippen molar-refractivity contribution < 1.29 is 47.6 Å². The Morgan fingerprint density at radius 1 is 0.965 bits per heavy atom. The molecule has 1 aliphatic heterocycles. The van der Waals surface area contributed by atoms with Crippen LogP contribution in [0.3, 0.4) is 0 Å². The Morgan fingerprint density at radius 2 is 1.60 bits per heavy atom. The number of esters is 1. The lowest BCUT2D eigenvalue weighted by Gasteiger charge is -2.49. The summed E-state index contributed by atoms with van der Waals surface area (Å²) in [7, 11) is -0.272. The van der Waals surface area contributed by atoms with Crippen LogP contribution in [0.25, 0.3) is 0 Å². The number of aliphatic carboxylic acids is 1. The molecule has 1 aliphatic rings. The third-order valence-corrected chi connectivity index (χ3v) is 11.5. The molecule has 1 fully saturated rings. The maximum Gasteiger partial charge on any atom is 0.336 e. The van der Waals surface area contributed by atoms with E-state index in [0.717, 1.165) is 32.5 Å². The average Bonchev–Trinajstić information content (AvgIpc) is 3.10. The second kappa shape index (κ2) is 23.1. The number of nitrogens with one attached hydrogen (secondary N) is 1. The van der Waals surface area contributed by atoms with E-state index in [0.29, 0.717) is 56.5 Å². The van der Waals surface area contributed by atoms with Crippen molar-refractivity contribution in [3.8, 4) is 11.5 Å². The van der Waals surface area contributed by atoms with Crippen LogP contribution in [-0.2, 0) is 28.2 Å². The highest BCUT2D eigenvalue weighted by atomic mass is 28.3. The third kappa shape index (κ3) is 15.7. The van der Waals surface area contributed by atoms with Gasteiger partial charge in [0.15, 0.2) is 14.6 Å². The summed E-state index contributed by atoms with van der Waals surface area (Å²) in [4.78, 5) is 43.9. The minimum atomic E-state index is -1.93. The van der Waals surface area contributed by atoms with E-state index < -0.39 is 61.4 Å². The van der Waals surface area contributed by atoms with Crippen molar-refractivity contribution in [2.24, 2.45) is 40.7 Å². The van der Waals surface area contributed by atoms with Crippen LogP contribution < -0.4 is 20.5 Å². The van der Waals surface area contributed by atoms with Crippen LogP contribution in [-0.4, -0.2) is 120 Å². The van der Waals surface area contributed by atoms with Crippen LogP contribution in [0.2, 0.25) is 13.1 Å². The number of carboxylic acid groups (broad SMARTS) is 1. The van der Waals surface area contributed by atoms with Crippen molar-refractivity contribution in [2.75, 3.05) is 66.3 Å². The van der Waals surface area contributed by atoms with E-state index in [1.807, 2.05) is 54.6 Å². The van der Waals surface area contributed by atoms with Crippen molar-refractivity contribution in [1.29, 1.82) is 0 Å². The number of hydrogen-bond donors (Lipinski definition) is 3. The summed E-state index contributed by atoms with van der Waals surface area (Å²) in [6, 6.07) is 4.22. The number of nitrogens with zero attached hydrogens (tertiary/aromatic N) is 1. The number of ether oxygens (including phenoxy) is 5. The van der Waals surface area contributed by atoms with Gasteiger partial charge in [-0.3, -0.25) is 14.5 Å². The fourth-order valence-electron chi connectivity index (χ4n) is 7.64. The van der Waals surface area contributed by atoms with Crippen LogP contribution in [0.1, 0.15) is 98.9 Å². The summed E-state index contributed by atoms with van der Waals surface area (Å²) in [5, 5.41) is 13.9. The monoisotopic (exact) mass is 824 g/mol. The summed E-state index contributed by atoms with van der Waals surface area (Å²) in [5.41, 5.74) is 4.37. The Kier molecular flexibility index (Phi) is 20.5. The zero-order valence-corrected chi connectivity index (χ0v) is 38.6. The van der Waals surface area contributed by atoms with Crippen LogP contribution in [0.15, 0.2) is 18.2 Å². The lowest BCUT2D eigenvalue weighted by atomic mass is 9.61. The maximum absolute atomic E-state index is 14.4. The highest BCUT2D eigenvalue weighted by Crippen LogP contribution is 2.45. The molecule has 0 aromatic heterocycles. The van der Waals surface area contributed by atoms with Gasteiger partial charge in [0, 0.05) is 52.0 Å². The summed E-state index contributed by atoms with van der Waals surface area (Å²) in [5.74, 6) is -3.00. The normalized spacial score (nSPS) is 17.5. The predicted molar refractivity (Wildman–Crippen MR) is 227 cm³/mol. The molecule has 57 heavy (non-hydrogen) atoms. The first-order chi connectivity index (χ1) is 26.5. The molecule has 4 N–H and O–H groups in total. The molecule has 0 spiro atoms. The van der Waals surface area contributed by atoms with E-state index in [1.165, 1.54) is 0 Å². The number of morpholine rings is 1. The number of carboxylic acids is 1. The Labute approximate surface area is 345 Å². The molecular weight excluding hydrogens is 747 g/mol. The number of methoxy groups -OCH3 is 1. The zero-order chi connectivity index (χ0) is 43.1. The predicted octanol–water partition coefficient (Wildman–Crippen LogP) is 6.02. The first-order valence-electron chi connectivity index (χ1n) is 20.9. The topological polar surface area (TPSA) is 168 Å². The van der Waals surface area contributed by atoms with Crippen LogP contribution in [0, 0.1) is 35.0 Å². The molecule has 5 atom stereocenters. The van der Waals surface area contributed by atoms with Gasteiger partial charge in [-0.1, -0.05) is 48.5 Å². The zero-order valence-electron chi connectivity index (χ0n) is 37.4. The highest BCUT2D eigenvalue weighted by molar-refractivity contribution is 6.48. The molecule has 1 aromatic rings. The van der Waals surface area contributed by atoms with Gasteiger partial charge >= 0.3 is 11.9 Å². The molecule has 13 nitrogen and oxygen atoms in total. The molecule has 0 bridgehead atoms. The van der Waals surface area contributed by atoms with E-state index >= 15 is 0 Å². The molecule has 0 radical (unpaired) electrons. The Bertz CT molecular complexity index is 1390. The first kappa shape index (κ1) is 50.4. The number of carbonyl (C=O) groups excluding carboxylic acids is 2. The molecule has 1 unspecified atom stereocenters.